The van der Waals surface area contributed by atoms with Crippen LogP contribution in [-0.2, 0) is 21.2 Å². The Labute approximate surface area is 153 Å². The van der Waals surface area contributed by atoms with E-state index in [-0.39, 0.29) is 22.8 Å². The molecule has 0 fully saturated rings. The maximum Gasteiger partial charge on any atom is 0.338 e. The zero-order valence-corrected chi connectivity index (χ0v) is 15.5. The Morgan fingerprint density at radius 2 is 1.54 bits per heavy atom. The molecular formula is C19H21NO5S. The number of ketones is 1. The number of ether oxygens (including phenoxy) is 1. The first-order valence-corrected chi connectivity index (χ1v) is 9.68. The van der Waals surface area contributed by atoms with E-state index in [1.54, 1.807) is 12.1 Å². The van der Waals surface area contributed by atoms with E-state index in [2.05, 4.69) is 11.6 Å². The van der Waals surface area contributed by atoms with Crippen LogP contribution in [0.5, 0.6) is 0 Å². The summed E-state index contributed by atoms with van der Waals surface area (Å²) in [6.07, 6.45) is 1.97. The standard InChI is InChI=1S/C19H21NO5S/c1-3-4-14-5-7-15(8-6-14)18(21)13-25-19(22)16-9-11-17(12-10-16)26(23,24)20-2/h5-12,20H,3-4,13H2,1-2H3. The number of sulfonamides is 1. The summed E-state index contributed by atoms with van der Waals surface area (Å²) < 4.78 is 30.5. The fourth-order valence-electron chi connectivity index (χ4n) is 2.33. The van der Waals surface area contributed by atoms with Crippen molar-refractivity contribution >= 4 is 21.8 Å². The molecule has 0 aliphatic heterocycles. The highest BCUT2D eigenvalue weighted by atomic mass is 32.2. The molecule has 0 aliphatic rings. The van der Waals surface area contributed by atoms with Gasteiger partial charge in [0.05, 0.1) is 10.5 Å². The molecule has 6 nitrogen and oxygen atoms in total. The van der Waals surface area contributed by atoms with Crippen molar-refractivity contribution < 1.29 is 22.7 Å². The third kappa shape index (κ3) is 5.00. The van der Waals surface area contributed by atoms with E-state index >= 15 is 0 Å². The number of hydrogen-bond donors (Lipinski definition) is 1. The molecule has 1 N–H and O–H groups in total. The minimum Gasteiger partial charge on any atom is -0.454 e. The summed E-state index contributed by atoms with van der Waals surface area (Å²) in [6.45, 7) is 1.71. The Bertz CT molecular complexity index is 871. The Kier molecular flexibility index (Phi) is 6.65. The number of nitrogens with one attached hydrogen (secondary N) is 1. The van der Waals surface area contributed by atoms with Crippen molar-refractivity contribution in [3.8, 4) is 0 Å². The molecule has 2 rings (SSSR count). The van der Waals surface area contributed by atoms with Gasteiger partial charge in [0.2, 0.25) is 10.0 Å². The van der Waals surface area contributed by atoms with Crippen LogP contribution >= 0.6 is 0 Å². The molecule has 7 heteroatoms. The van der Waals surface area contributed by atoms with Crippen LogP contribution in [0.3, 0.4) is 0 Å². The van der Waals surface area contributed by atoms with E-state index in [0.717, 1.165) is 18.4 Å². The van der Waals surface area contributed by atoms with Crippen LogP contribution in [0.15, 0.2) is 53.4 Å². The van der Waals surface area contributed by atoms with E-state index < -0.39 is 16.0 Å². The number of hydrogen-bond acceptors (Lipinski definition) is 5. The summed E-state index contributed by atoms with van der Waals surface area (Å²) in [4.78, 5) is 24.2. The number of aryl methyl sites for hydroxylation is 1. The lowest BCUT2D eigenvalue weighted by Gasteiger charge is -2.06. The van der Waals surface area contributed by atoms with Gasteiger partial charge in [-0.15, -0.1) is 0 Å². The van der Waals surface area contributed by atoms with Gasteiger partial charge in [-0.1, -0.05) is 37.6 Å². The van der Waals surface area contributed by atoms with Gasteiger partial charge in [-0.2, -0.15) is 0 Å². The fourth-order valence-corrected chi connectivity index (χ4v) is 3.06. The molecule has 2 aromatic carbocycles. The number of esters is 1. The molecule has 0 amide bonds. The predicted molar refractivity (Wildman–Crippen MR) is 97.7 cm³/mol. The van der Waals surface area contributed by atoms with E-state index in [1.165, 1.54) is 31.3 Å². The quantitative estimate of drug-likeness (QED) is 0.566. The first kappa shape index (κ1) is 19.8. The van der Waals surface area contributed by atoms with Crippen LogP contribution in [-0.4, -0.2) is 33.8 Å². The van der Waals surface area contributed by atoms with Gasteiger partial charge in [-0.25, -0.2) is 17.9 Å². The second-order valence-corrected chi connectivity index (χ2v) is 7.56. The van der Waals surface area contributed by atoms with Crippen molar-refractivity contribution in [2.45, 2.75) is 24.7 Å². The molecule has 0 aromatic heterocycles. The van der Waals surface area contributed by atoms with Crippen molar-refractivity contribution in [1.82, 2.24) is 4.72 Å². The molecule has 0 saturated heterocycles. The first-order valence-electron chi connectivity index (χ1n) is 8.20. The minimum atomic E-state index is -3.57. The SMILES string of the molecule is CCCc1ccc(C(=O)COC(=O)c2ccc(S(=O)(=O)NC)cc2)cc1. The minimum absolute atomic E-state index is 0.0415. The molecular weight excluding hydrogens is 354 g/mol. The topological polar surface area (TPSA) is 89.5 Å². The van der Waals surface area contributed by atoms with Gasteiger partial charge in [0.25, 0.3) is 0 Å². The van der Waals surface area contributed by atoms with Crippen molar-refractivity contribution in [3.05, 3.63) is 65.2 Å². The predicted octanol–water partition coefficient (Wildman–Crippen LogP) is 2.59. The third-order valence-corrected chi connectivity index (χ3v) is 5.25. The molecule has 0 heterocycles. The Morgan fingerprint density at radius 1 is 0.962 bits per heavy atom. The highest BCUT2D eigenvalue weighted by Crippen LogP contribution is 2.12. The maximum atomic E-state index is 12.1. The monoisotopic (exact) mass is 375 g/mol. The average Bonchev–Trinajstić information content (AvgIpc) is 2.66. The molecule has 2 aromatic rings. The summed E-state index contributed by atoms with van der Waals surface area (Å²) in [5.74, 6) is -0.981. The second-order valence-electron chi connectivity index (χ2n) is 5.68. The zero-order chi connectivity index (χ0) is 19.2. The highest BCUT2D eigenvalue weighted by molar-refractivity contribution is 7.89. The van der Waals surface area contributed by atoms with Gasteiger partial charge in [-0.05, 0) is 43.3 Å². The van der Waals surface area contributed by atoms with E-state index in [9.17, 15) is 18.0 Å². The van der Waals surface area contributed by atoms with Crippen LogP contribution < -0.4 is 4.72 Å². The van der Waals surface area contributed by atoms with Crippen molar-refractivity contribution in [1.29, 1.82) is 0 Å². The van der Waals surface area contributed by atoms with Gasteiger partial charge >= 0.3 is 5.97 Å². The molecule has 0 spiro atoms. The van der Waals surface area contributed by atoms with Crippen LogP contribution in [0.25, 0.3) is 0 Å². The van der Waals surface area contributed by atoms with Gasteiger partial charge in [0, 0.05) is 5.56 Å². The Hall–Kier alpha value is -2.51. The third-order valence-electron chi connectivity index (χ3n) is 3.82. The van der Waals surface area contributed by atoms with Crippen molar-refractivity contribution in [3.63, 3.8) is 0 Å². The molecule has 0 atom stereocenters. The number of rotatable bonds is 8. The van der Waals surface area contributed by atoms with Crippen LogP contribution in [0.2, 0.25) is 0 Å². The Morgan fingerprint density at radius 3 is 2.08 bits per heavy atom. The van der Waals surface area contributed by atoms with Gasteiger partial charge in [-0.3, -0.25) is 4.79 Å². The molecule has 0 radical (unpaired) electrons. The van der Waals surface area contributed by atoms with E-state index in [0.29, 0.717) is 5.56 Å². The summed E-state index contributed by atoms with van der Waals surface area (Å²) in [5, 5.41) is 0. The van der Waals surface area contributed by atoms with Gasteiger partial charge < -0.3 is 4.74 Å². The summed E-state index contributed by atoms with van der Waals surface area (Å²) in [6, 6.07) is 12.5. The molecule has 0 saturated carbocycles. The molecule has 138 valence electrons. The Balaban J connectivity index is 1.96. The summed E-state index contributed by atoms with van der Waals surface area (Å²) in [7, 11) is -2.26. The summed E-state index contributed by atoms with van der Waals surface area (Å²) in [5.41, 5.74) is 1.80. The lowest BCUT2D eigenvalue weighted by atomic mass is 10.1. The van der Waals surface area contributed by atoms with E-state index in [1.807, 2.05) is 12.1 Å². The zero-order valence-electron chi connectivity index (χ0n) is 14.7. The number of carbonyl (C=O) groups is 2. The number of benzene rings is 2. The average molecular weight is 375 g/mol. The molecule has 0 aliphatic carbocycles. The molecule has 0 bridgehead atoms. The van der Waals surface area contributed by atoms with Crippen LogP contribution in [0, 0.1) is 0 Å². The lowest BCUT2D eigenvalue weighted by molar-refractivity contribution is 0.0474. The van der Waals surface area contributed by atoms with Gasteiger partial charge in [0.15, 0.2) is 12.4 Å². The van der Waals surface area contributed by atoms with Crippen molar-refractivity contribution in [2.75, 3.05) is 13.7 Å². The maximum absolute atomic E-state index is 12.1. The number of carbonyl (C=O) groups excluding carboxylic acids is 2. The summed E-state index contributed by atoms with van der Waals surface area (Å²) >= 11 is 0. The number of Topliss-reactive ketones (excluding diaryl/α,β-unsaturated/α-hetero) is 1. The highest BCUT2D eigenvalue weighted by Gasteiger charge is 2.15. The van der Waals surface area contributed by atoms with Crippen LogP contribution in [0.1, 0.15) is 39.6 Å². The fraction of sp³-hybridized carbons (Fsp3) is 0.263. The smallest absolute Gasteiger partial charge is 0.338 e. The normalized spacial score (nSPS) is 11.2. The van der Waals surface area contributed by atoms with Gasteiger partial charge in [0.1, 0.15) is 0 Å². The van der Waals surface area contributed by atoms with Crippen LogP contribution in [0.4, 0.5) is 0 Å². The van der Waals surface area contributed by atoms with Crippen molar-refractivity contribution in [2.24, 2.45) is 0 Å². The second kappa shape index (κ2) is 8.73. The lowest BCUT2D eigenvalue weighted by Crippen LogP contribution is -2.19. The first-order chi connectivity index (χ1) is 12.4. The largest absolute Gasteiger partial charge is 0.454 e. The molecule has 26 heavy (non-hydrogen) atoms. The molecule has 0 unspecified atom stereocenters. The van der Waals surface area contributed by atoms with E-state index in [4.69, 9.17) is 4.74 Å².